The van der Waals surface area contributed by atoms with Crippen LogP contribution in [0.5, 0.6) is 0 Å². The maximum Gasteiger partial charge on any atom is 0.0938 e. The van der Waals surface area contributed by atoms with E-state index >= 15 is 0 Å². The highest BCUT2D eigenvalue weighted by molar-refractivity contribution is 5.43. The lowest BCUT2D eigenvalue weighted by molar-refractivity contribution is -0.210. The molecule has 0 radical (unpaired) electrons. The molecule has 0 N–H and O–H groups in total. The van der Waals surface area contributed by atoms with Gasteiger partial charge < -0.3 is 0 Å². The minimum absolute atomic E-state index is 0.0163. The number of rotatable bonds is 8. The van der Waals surface area contributed by atoms with Crippen LogP contribution in [-0.4, -0.2) is 23.3 Å². The number of nitrogens with zero attached hydrogens (tertiary/aromatic N) is 1. The van der Waals surface area contributed by atoms with Gasteiger partial charge in [0.1, 0.15) is 0 Å². The smallest absolute Gasteiger partial charge is 0.0938 e. The van der Waals surface area contributed by atoms with Crippen LogP contribution >= 0.6 is 0 Å². The van der Waals surface area contributed by atoms with Gasteiger partial charge >= 0.3 is 0 Å². The third-order valence-electron chi connectivity index (χ3n) is 8.71. The van der Waals surface area contributed by atoms with Crippen LogP contribution in [0.4, 0.5) is 0 Å². The molecule has 1 aromatic rings. The molecule has 1 saturated heterocycles. The quantitative estimate of drug-likeness (QED) is 0.462. The second-order valence-corrected chi connectivity index (χ2v) is 9.56. The molecule has 1 aliphatic heterocycles. The summed E-state index contributed by atoms with van der Waals surface area (Å²) in [6, 6.07) is 7.67. The summed E-state index contributed by atoms with van der Waals surface area (Å²) in [6.07, 6.45) is 9.61. The molecule has 2 nitrogen and oxygen atoms in total. The van der Waals surface area contributed by atoms with Crippen LogP contribution < -0.4 is 0 Å². The summed E-state index contributed by atoms with van der Waals surface area (Å²) in [6.45, 7) is 17.5. The zero-order chi connectivity index (χ0) is 21.2. The molecule has 2 aliphatic rings. The van der Waals surface area contributed by atoms with Crippen molar-refractivity contribution in [1.82, 2.24) is 5.06 Å². The highest BCUT2D eigenvalue weighted by Crippen LogP contribution is 2.58. The number of hydrogen-bond donors (Lipinski definition) is 0. The minimum atomic E-state index is 0.0163. The van der Waals surface area contributed by atoms with Gasteiger partial charge in [0.15, 0.2) is 0 Å². The largest absolute Gasteiger partial charge is 0.292 e. The Bertz CT molecular complexity index is 657. The third-order valence-corrected chi connectivity index (χ3v) is 8.71. The van der Waals surface area contributed by atoms with Gasteiger partial charge in [-0.2, -0.15) is 5.06 Å². The van der Waals surface area contributed by atoms with Crippen molar-refractivity contribution in [2.45, 2.75) is 117 Å². The predicted molar refractivity (Wildman–Crippen MR) is 124 cm³/mol. The normalized spacial score (nSPS) is 31.8. The topological polar surface area (TPSA) is 12.5 Å². The van der Waals surface area contributed by atoms with E-state index in [4.69, 9.17) is 4.84 Å². The SMILES string of the molecule is CCc1cccc(CC)c1[C@]1(CC)C[C@H](CC)[C@@H]2[C@@H](C1)C(CC)(CC)ON2CC. The van der Waals surface area contributed by atoms with E-state index in [2.05, 4.69) is 71.7 Å². The maximum absolute atomic E-state index is 6.80. The lowest BCUT2D eigenvalue weighted by Crippen LogP contribution is -2.51. The highest BCUT2D eigenvalue weighted by Gasteiger charge is 2.59. The molecule has 0 spiro atoms. The Morgan fingerprint density at radius 3 is 1.97 bits per heavy atom. The zero-order valence-corrected chi connectivity index (χ0v) is 20.2. The maximum atomic E-state index is 6.80. The zero-order valence-electron chi connectivity index (χ0n) is 20.2. The Hall–Kier alpha value is -0.860. The molecule has 1 heterocycles. The summed E-state index contributed by atoms with van der Waals surface area (Å²) in [5.41, 5.74) is 5.19. The minimum Gasteiger partial charge on any atom is -0.292 e. The molecule has 0 bridgehead atoms. The lowest BCUT2D eigenvalue weighted by atomic mass is 9.54. The number of aryl methyl sites for hydroxylation is 2. The van der Waals surface area contributed by atoms with Crippen molar-refractivity contribution in [3.8, 4) is 0 Å². The van der Waals surface area contributed by atoms with Crippen LogP contribution in [0, 0.1) is 11.8 Å². The summed E-state index contributed by atoms with van der Waals surface area (Å²) >= 11 is 0. The fourth-order valence-electron chi connectivity index (χ4n) is 7.03. The first kappa shape index (κ1) is 22.8. The number of hydroxylamine groups is 2. The van der Waals surface area contributed by atoms with E-state index in [1.54, 1.807) is 16.7 Å². The molecule has 1 saturated carbocycles. The van der Waals surface area contributed by atoms with Gasteiger partial charge in [0.25, 0.3) is 0 Å². The van der Waals surface area contributed by atoms with Crippen LogP contribution in [0.25, 0.3) is 0 Å². The van der Waals surface area contributed by atoms with Crippen molar-refractivity contribution < 1.29 is 4.84 Å². The molecule has 4 atom stereocenters. The molecule has 0 unspecified atom stereocenters. The Labute approximate surface area is 180 Å². The van der Waals surface area contributed by atoms with Crippen molar-refractivity contribution in [2.75, 3.05) is 6.54 Å². The fourth-order valence-corrected chi connectivity index (χ4v) is 7.03. The van der Waals surface area contributed by atoms with Gasteiger partial charge in [0.2, 0.25) is 0 Å². The fraction of sp³-hybridized carbons (Fsp3) is 0.778. The molecule has 0 amide bonds. The first-order chi connectivity index (χ1) is 14.0. The average molecular weight is 400 g/mol. The summed E-state index contributed by atoms with van der Waals surface area (Å²) < 4.78 is 0. The Balaban J connectivity index is 2.16. The van der Waals surface area contributed by atoms with E-state index in [1.165, 1.54) is 25.7 Å². The summed E-state index contributed by atoms with van der Waals surface area (Å²) in [4.78, 5) is 6.80. The predicted octanol–water partition coefficient (Wildman–Crippen LogP) is 7.09. The van der Waals surface area contributed by atoms with E-state index in [1.807, 2.05) is 0 Å². The van der Waals surface area contributed by atoms with Crippen LogP contribution in [-0.2, 0) is 23.1 Å². The standard InChI is InChI=1S/C27H45NO/c1-8-20-16-15-17-21(9-2)24(20)26(11-4)18-22(10-3)25-23(19-26)27(12-5,13-6)29-28(25)14-7/h15-17,22-23,25H,8-14,18-19H2,1-7H3/t22-,23+,25+,26+/m0/s1. The van der Waals surface area contributed by atoms with Gasteiger partial charge in [-0.3, -0.25) is 4.84 Å². The van der Waals surface area contributed by atoms with Crippen molar-refractivity contribution in [1.29, 1.82) is 0 Å². The van der Waals surface area contributed by atoms with Gasteiger partial charge in [0.05, 0.1) is 5.60 Å². The Morgan fingerprint density at radius 1 is 0.897 bits per heavy atom. The van der Waals surface area contributed by atoms with Gasteiger partial charge in [-0.15, -0.1) is 0 Å². The first-order valence-corrected chi connectivity index (χ1v) is 12.6. The van der Waals surface area contributed by atoms with E-state index in [0.29, 0.717) is 23.3 Å². The van der Waals surface area contributed by atoms with Gasteiger partial charge in [-0.25, -0.2) is 0 Å². The summed E-state index contributed by atoms with van der Waals surface area (Å²) in [5.74, 6) is 1.34. The molecule has 2 fully saturated rings. The monoisotopic (exact) mass is 399 g/mol. The molecule has 0 aromatic heterocycles. The Morgan fingerprint density at radius 2 is 1.52 bits per heavy atom. The van der Waals surface area contributed by atoms with Crippen molar-refractivity contribution >= 4 is 0 Å². The molecule has 164 valence electrons. The molecular weight excluding hydrogens is 354 g/mol. The van der Waals surface area contributed by atoms with Gasteiger partial charge in [0, 0.05) is 18.5 Å². The van der Waals surface area contributed by atoms with E-state index in [-0.39, 0.29) is 5.60 Å². The van der Waals surface area contributed by atoms with Crippen molar-refractivity contribution in [3.05, 3.63) is 34.9 Å². The highest BCUT2D eigenvalue weighted by atomic mass is 16.7. The molecule has 1 aliphatic carbocycles. The molecular formula is C27H45NO. The lowest BCUT2D eigenvalue weighted by Gasteiger charge is -2.51. The van der Waals surface area contributed by atoms with Crippen molar-refractivity contribution in [3.63, 3.8) is 0 Å². The molecule has 1 aromatic carbocycles. The first-order valence-electron chi connectivity index (χ1n) is 12.6. The second kappa shape index (κ2) is 9.10. The summed E-state index contributed by atoms with van der Waals surface area (Å²) in [7, 11) is 0. The Kier molecular flexibility index (Phi) is 7.16. The van der Waals surface area contributed by atoms with E-state index in [9.17, 15) is 0 Å². The summed E-state index contributed by atoms with van der Waals surface area (Å²) in [5, 5.41) is 2.39. The van der Waals surface area contributed by atoms with Gasteiger partial charge in [-0.1, -0.05) is 73.1 Å². The van der Waals surface area contributed by atoms with E-state index < -0.39 is 0 Å². The molecule has 3 rings (SSSR count). The van der Waals surface area contributed by atoms with Crippen molar-refractivity contribution in [2.24, 2.45) is 11.8 Å². The number of fused-ring (bicyclic) bond motifs is 1. The van der Waals surface area contributed by atoms with Crippen LogP contribution in [0.3, 0.4) is 0 Å². The number of benzene rings is 1. The third kappa shape index (κ3) is 3.59. The van der Waals surface area contributed by atoms with Crippen LogP contribution in [0.15, 0.2) is 18.2 Å². The number of hydrogen-bond acceptors (Lipinski definition) is 2. The molecule has 2 heteroatoms. The van der Waals surface area contributed by atoms with Gasteiger partial charge in [-0.05, 0) is 73.0 Å². The van der Waals surface area contributed by atoms with Crippen LogP contribution in [0.1, 0.15) is 104 Å². The average Bonchev–Trinajstić information content (AvgIpc) is 3.11. The second-order valence-electron chi connectivity index (χ2n) is 9.56. The molecule has 29 heavy (non-hydrogen) atoms. The van der Waals surface area contributed by atoms with Crippen LogP contribution in [0.2, 0.25) is 0 Å². The van der Waals surface area contributed by atoms with E-state index in [0.717, 1.165) is 32.2 Å².